The predicted molar refractivity (Wildman–Crippen MR) is 93.1 cm³/mol. The van der Waals surface area contributed by atoms with Gasteiger partial charge in [-0.3, -0.25) is 4.79 Å². The summed E-state index contributed by atoms with van der Waals surface area (Å²) in [6.07, 6.45) is 1.47. The standard InChI is InChI=1S/C17H17N3O5S/c1-11-16(12(2)25-20-11)17(21)19-13-5-3-7-15(9-13)26(22,23)18-10-14-6-4-8-24-14/h3-9,18H,10H2,1-2H3,(H,19,21). The number of hydrogen-bond donors (Lipinski definition) is 2. The summed E-state index contributed by atoms with van der Waals surface area (Å²) in [6.45, 7) is 3.32. The maximum absolute atomic E-state index is 12.4. The van der Waals surface area contributed by atoms with Crippen LogP contribution in [0.25, 0.3) is 0 Å². The summed E-state index contributed by atoms with van der Waals surface area (Å²) in [6, 6.07) is 9.31. The third kappa shape index (κ3) is 3.84. The van der Waals surface area contributed by atoms with Gasteiger partial charge in [0.15, 0.2) is 0 Å². The average Bonchev–Trinajstić information content (AvgIpc) is 3.23. The Kier molecular flexibility index (Phi) is 4.92. The van der Waals surface area contributed by atoms with Crippen LogP contribution in [-0.2, 0) is 16.6 Å². The highest BCUT2D eigenvalue weighted by Gasteiger charge is 2.19. The lowest BCUT2D eigenvalue weighted by Crippen LogP contribution is -2.23. The summed E-state index contributed by atoms with van der Waals surface area (Å²) in [5, 5.41) is 6.39. The summed E-state index contributed by atoms with van der Waals surface area (Å²) >= 11 is 0. The lowest BCUT2D eigenvalue weighted by atomic mass is 10.2. The van der Waals surface area contributed by atoms with Crippen LogP contribution in [0.5, 0.6) is 0 Å². The molecule has 26 heavy (non-hydrogen) atoms. The molecule has 0 radical (unpaired) electrons. The van der Waals surface area contributed by atoms with Gasteiger partial charge in [0.1, 0.15) is 17.1 Å². The highest BCUT2D eigenvalue weighted by atomic mass is 32.2. The van der Waals surface area contributed by atoms with Crippen LogP contribution in [0.3, 0.4) is 0 Å². The molecule has 0 aliphatic rings. The van der Waals surface area contributed by atoms with Crippen molar-refractivity contribution in [3.05, 3.63) is 65.4 Å². The van der Waals surface area contributed by atoms with Gasteiger partial charge in [0.25, 0.3) is 5.91 Å². The summed E-state index contributed by atoms with van der Waals surface area (Å²) in [5.41, 5.74) is 1.13. The number of nitrogens with zero attached hydrogens (tertiary/aromatic N) is 1. The van der Waals surface area contributed by atoms with E-state index in [9.17, 15) is 13.2 Å². The molecule has 0 unspecified atom stereocenters. The Morgan fingerprint density at radius 3 is 2.65 bits per heavy atom. The zero-order valence-electron chi connectivity index (χ0n) is 14.1. The van der Waals surface area contributed by atoms with Gasteiger partial charge in [0.05, 0.1) is 23.4 Å². The predicted octanol–water partition coefficient (Wildman–Crippen LogP) is 2.62. The zero-order valence-corrected chi connectivity index (χ0v) is 15.0. The molecule has 9 heteroatoms. The van der Waals surface area contributed by atoms with E-state index in [4.69, 9.17) is 8.94 Å². The molecule has 3 rings (SSSR count). The molecular weight excluding hydrogens is 358 g/mol. The van der Waals surface area contributed by atoms with Gasteiger partial charge in [-0.15, -0.1) is 0 Å². The normalized spacial score (nSPS) is 11.5. The summed E-state index contributed by atoms with van der Waals surface area (Å²) in [7, 11) is -3.76. The van der Waals surface area contributed by atoms with Crippen molar-refractivity contribution in [2.75, 3.05) is 5.32 Å². The second-order valence-corrected chi connectivity index (χ2v) is 7.35. The minimum atomic E-state index is -3.76. The van der Waals surface area contributed by atoms with Crippen molar-refractivity contribution < 1.29 is 22.2 Å². The van der Waals surface area contributed by atoms with Gasteiger partial charge in [-0.05, 0) is 44.2 Å². The van der Waals surface area contributed by atoms with Crippen molar-refractivity contribution in [2.45, 2.75) is 25.3 Å². The van der Waals surface area contributed by atoms with Crippen molar-refractivity contribution >= 4 is 21.6 Å². The van der Waals surface area contributed by atoms with Gasteiger partial charge >= 0.3 is 0 Å². The van der Waals surface area contributed by atoms with Crippen molar-refractivity contribution in [1.82, 2.24) is 9.88 Å². The fourth-order valence-electron chi connectivity index (χ4n) is 2.40. The van der Waals surface area contributed by atoms with E-state index >= 15 is 0 Å². The van der Waals surface area contributed by atoms with E-state index < -0.39 is 15.9 Å². The molecule has 0 fully saturated rings. The van der Waals surface area contributed by atoms with Crippen LogP contribution in [0.4, 0.5) is 5.69 Å². The van der Waals surface area contributed by atoms with E-state index in [2.05, 4.69) is 15.2 Å². The molecule has 0 spiro atoms. The highest BCUT2D eigenvalue weighted by molar-refractivity contribution is 7.89. The molecule has 0 saturated heterocycles. The van der Waals surface area contributed by atoms with Gasteiger partial charge in [-0.1, -0.05) is 11.2 Å². The smallest absolute Gasteiger partial charge is 0.261 e. The lowest BCUT2D eigenvalue weighted by molar-refractivity contribution is 0.102. The van der Waals surface area contributed by atoms with Crippen molar-refractivity contribution in [3.8, 4) is 0 Å². The largest absolute Gasteiger partial charge is 0.468 e. The van der Waals surface area contributed by atoms with Crippen molar-refractivity contribution in [2.24, 2.45) is 0 Å². The van der Waals surface area contributed by atoms with Crippen LogP contribution < -0.4 is 10.0 Å². The topological polar surface area (TPSA) is 114 Å². The minimum Gasteiger partial charge on any atom is -0.468 e. The number of rotatable bonds is 6. The number of furan rings is 1. The number of anilines is 1. The Bertz CT molecular complexity index is 1000. The quantitative estimate of drug-likeness (QED) is 0.684. The molecule has 1 aromatic carbocycles. The first kappa shape index (κ1) is 17.9. The first-order chi connectivity index (χ1) is 12.4. The molecule has 3 aromatic rings. The van der Waals surface area contributed by atoms with E-state index in [1.54, 1.807) is 38.1 Å². The molecule has 0 aliphatic carbocycles. The molecule has 0 bridgehead atoms. The number of nitrogens with one attached hydrogen (secondary N) is 2. The molecule has 2 N–H and O–H groups in total. The third-order valence-corrected chi connectivity index (χ3v) is 5.08. The number of hydrogen-bond acceptors (Lipinski definition) is 6. The molecule has 0 saturated carbocycles. The molecule has 8 nitrogen and oxygen atoms in total. The molecular formula is C17H17N3O5S. The first-order valence-corrected chi connectivity index (χ1v) is 9.21. The van der Waals surface area contributed by atoms with Crippen LogP contribution in [0.2, 0.25) is 0 Å². The second-order valence-electron chi connectivity index (χ2n) is 5.59. The fourth-order valence-corrected chi connectivity index (χ4v) is 3.44. The number of aryl methyl sites for hydroxylation is 2. The van der Waals surface area contributed by atoms with Crippen LogP contribution in [0.15, 0.2) is 56.5 Å². The third-order valence-electron chi connectivity index (χ3n) is 3.68. The van der Waals surface area contributed by atoms with E-state index in [1.165, 1.54) is 18.4 Å². The maximum atomic E-state index is 12.4. The van der Waals surface area contributed by atoms with E-state index in [1.807, 2.05) is 0 Å². The van der Waals surface area contributed by atoms with E-state index in [-0.39, 0.29) is 11.4 Å². The zero-order chi connectivity index (χ0) is 18.7. The number of benzene rings is 1. The Hall–Kier alpha value is -2.91. The SMILES string of the molecule is Cc1noc(C)c1C(=O)Nc1cccc(S(=O)(=O)NCc2ccco2)c1. The minimum absolute atomic E-state index is 0.0284. The Morgan fingerprint density at radius 1 is 1.19 bits per heavy atom. The van der Waals surface area contributed by atoms with Crippen LogP contribution >= 0.6 is 0 Å². The summed E-state index contributed by atoms with van der Waals surface area (Å²) in [5.74, 6) is 0.472. The molecule has 1 amide bonds. The van der Waals surface area contributed by atoms with Crippen LogP contribution in [0, 0.1) is 13.8 Å². The molecule has 136 valence electrons. The maximum Gasteiger partial charge on any atom is 0.261 e. The fraction of sp³-hybridized carbons (Fsp3) is 0.176. The highest BCUT2D eigenvalue weighted by Crippen LogP contribution is 2.19. The molecule has 2 aromatic heterocycles. The molecule has 2 heterocycles. The van der Waals surface area contributed by atoms with Crippen molar-refractivity contribution in [1.29, 1.82) is 0 Å². The summed E-state index contributed by atoms with van der Waals surface area (Å²) in [4.78, 5) is 12.4. The second kappa shape index (κ2) is 7.14. The van der Waals surface area contributed by atoms with Gasteiger partial charge in [0.2, 0.25) is 10.0 Å². The Morgan fingerprint density at radius 2 is 2.00 bits per heavy atom. The van der Waals surface area contributed by atoms with E-state index in [0.29, 0.717) is 28.5 Å². The average molecular weight is 375 g/mol. The first-order valence-electron chi connectivity index (χ1n) is 7.73. The number of aromatic nitrogens is 1. The van der Waals surface area contributed by atoms with Gasteiger partial charge in [-0.25, -0.2) is 13.1 Å². The number of carbonyl (C=O) groups is 1. The van der Waals surface area contributed by atoms with E-state index in [0.717, 1.165) is 0 Å². The molecule has 0 aliphatic heterocycles. The summed E-state index contributed by atoms with van der Waals surface area (Å²) < 4.78 is 37.3. The lowest BCUT2D eigenvalue weighted by Gasteiger charge is -2.09. The van der Waals surface area contributed by atoms with Crippen molar-refractivity contribution in [3.63, 3.8) is 0 Å². The molecule has 0 atom stereocenters. The Labute approximate surface area is 150 Å². The van der Waals surface area contributed by atoms with Gasteiger partial charge < -0.3 is 14.3 Å². The number of sulfonamides is 1. The van der Waals surface area contributed by atoms with Gasteiger partial charge in [0, 0.05) is 5.69 Å². The Balaban J connectivity index is 1.76. The van der Waals surface area contributed by atoms with Gasteiger partial charge in [-0.2, -0.15) is 0 Å². The van der Waals surface area contributed by atoms with Crippen LogP contribution in [0.1, 0.15) is 27.6 Å². The number of amides is 1. The number of carbonyl (C=O) groups excluding carboxylic acids is 1. The monoisotopic (exact) mass is 375 g/mol. The van der Waals surface area contributed by atoms with Crippen LogP contribution in [-0.4, -0.2) is 19.5 Å².